The van der Waals surface area contributed by atoms with Gasteiger partial charge in [-0.1, -0.05) is 6.07 Å². The molecule has 8 heteroatoms. The van der Waals surface area contributed by atoms with Crippen LogP contribution in [0, 0.1) is 4.77 Å². The Balaban J connectivity index is 1.92. The van der Waals surface area contributed by atoms with Gasteiger partial charge in [0, 0.05) is 29.9 Å². The molecule has 0 radical (unpaired) electrons. The maximum atomic E-state index is 10.4. The van der Waals surface area contributed by atoms with Gasteiger partial charge in [-0.05, 0) is 69.4 Å². The molecule has 1 aromatic heterocycles. The van der Waals surface area contributed by atoms with Crippen LogP contribution in [0.3, 0.4) is 0 Å². The van der Waals surface area contributed by atoms with Crippen LogP contribution in [-0.4, -0.2) is 45.9 Å². The van der Waals surface area contributed by atoms with Crippen molar-refractivity contribution in [3.8, 4) is 22.9 Å². The highest BCUT2D eigenvalue weighted by atomic mass is 32.1. The normalized spacial score (nSPS) is 11.1. The van der Waals surface area contributed by atoms with Crippen LogP contribution in [0.2, 0.25) is 0 Å². The van der Waals surface area contributed by atoms with E-state index in [0.29, 0.717) is 28.5 Å². The Morgan fingerprint density at radius 3 is 2.55 bits per heavy atom. The Labute approximate surface area is 175 Å². The number of phenolic OH excluding ortho intramolecular Hbond substituents is 1. The van der Waals surface area contributed by atoms with Gasteiger partial charge in [-0.2, -0.15) is 14.9 Å². The predicted molar refractivity (Wildman–Crippen MR) is 119 cm³/mol. The van der Waals surface area contributed by atoms with Crippen LogP contribution < -0.4 is 9.64 Å². The third-order valence-corrected chi connectivity index (χ3v) is 4.81. The molecule has 1 heterocycles. The lowest BCUT2D eigenvalue weighted by atomic mass is 10.2. The number of anilines is 1. The molecular formula is C21H25N5O2S. The molecule has 0 unspecified atom stereocenters. The van der Waals surface area contributed by atoms with E-state index >= 15 is 0 Å². The summed E-state index contributed by atoms with van der Waals surface area (Å²) in [5.41, 5.74) is 2.57. The largest absolute Gasteiger partial charge is 0.504 e. The number of rotatable bonds is 8. The lowest BCUT2D eigenvalue weighted by Gasteiger charge is -2.20. The van der Waals surface area contributed by atoms with Gasteiger partial charge in [0.1, 0.15) is 0 Å². The van der Waals surface area contributed by atoms with Crippen molar-refractivity contribution in [3.63, 3.8) is 0 Å². The zero-order valence-electron chi connectivity index (χ0n) is 16.8. The molecule has 0 spiro atoms. The Hall–Kier alpha value is -3.13. The van der Waals surface area contributed by atoms with Crippen molar-refractivity contribution in [2.24, 2.45) is 5.10 Å². The minimum atomic E-state index is 0.0400. The first kappa shape index (κ1) is 20.6. The second-order valence-corrected chi connectivity index (χ2v) is 6.64. The number of hydrogen-bond acceptors (Lipinski definition) is 6. The van der Waals surface area contributed by atoms with Crippen LogP contribution in [-0.2, 0) is 0 Å². The minimum absolute atomic E-state index is 0.0400. The van der Waals surface area contributed by atoms with E-state index < -0.39 is 0 Å². The van der Waals surface area contributed by atoms with Crippen molar-refractivity contribution in [1.29, 1.82) is 0 Å². The second-order valence-electron chi connectivity index (χ2n) is 6.25. The van der Waals surface area contributed by atoms with Crippen LogP contribution in [0.5, 0.6) is 11.5 Å². The topological polar surface area (TPSA) is 78.7 Å². The molecule has 152 valence electrons. The van der Waals surface area contributed by atoms with E-state index in [4.69, 9.17) is 17.0 Å². The van der Waals surface area contributed by atoms with Gasteiger partial charge in [0.25, 0.3) is 0 Å². The van der Waals surface area contributed by atoms with Crippen LogP contribution in [0.1, 0.15) is 26.3 Å². The van der Waals surface area contributed by atoms with E-state index in [1.165, 1.54) is 10.9 Å². The zero-order chi connectivity index (χ0) is 20.8. The second kappa shape index (κ2) is 9.38. The molecule has 0 bridgehead atoms. The van der Waals surface area contributed by atoms with Gasteiger partial charge in [-0.25, -0.2) is 5.10 Å². The molecule has 2 aromatic carbocycles. The number of aromatic amines is 1. The Kier molecular flexibility index (Phi) is 6.66. The summed E-state index contributed by atoms with van der Waals surface area (Å²) in [7, 11) is 0. The smallest absolute Gasteiger partial charge is 0.216 e. The summed E-state index contributed by atoms with van der Waals surface area (Å²) >= 11 is 5.33. The predicted octanol–water partition coefficient (Wildman–Crippen LogP) is 4.44. The number of nitrogens with zero attached hydrogens (tertiary/aromatic N) is 4. The summed E-state index contributed by atoms with van der Waals surface area (Å²) in [6.07, 6.45) is 1.54. The van der Waals surface area contributed by atoms with E-state index in [1.807, 2.05) is 19.1 Å². The molecule has 2 N–H and O–H groups in total. The van der Waals surface area contributed by atoms with E-state index in [0.717, 1.165) is 24.3 Å². The highest BCUT2D eigenvalue weighted by Crippen LogP contribution is 2.29. The summed E-state index contributed by atoms with van der Waals surface area (Å²) < 4.78 is 7.32. The first-order valence-electron chi connectivity index (χ1n) is 9.60. The molecule has 7 nitrogen and oxygen atoms in total. The number of ether oxygens (including phenoxy) is 1. The average Bonchev–Trinajstić information content (AvgIpc) is 3.11. The quantitative estimate of drug-likeness (QED) is 0.423. The maximum Gasteiger partial charge on any atom is 0.216 e. The average molecular weight is 412 g/mol. The number of benzene rings is 2. The molecular weight excluding hydrogens is 386 g/mol. The summed E-state index contributed by atoms with van der Waals surface area (Å²) in [6.45, 7) is 8.49. The minimum Gasteiger partial charge on any atom is -0.504 e. The highest BCUT2D eigenvalue weighted by molar-refractivity contribution is 7.71. The van der Waals surface area contributed by atoms with Crippen molar-refractivity contribution in [2.45, 2.75) is 20.8 Å². The number of aromatic nitrogens is 3. The first-order chi connectivity index (χ1) is 14.1. The molecule has 0 aliphatic rings. The number of nitrogens with one attached hydrogen (secondary N) is 1. The summed E-state index contributed by atoms with van der Waals surface area (Å²) in [6, 6.07) is 13.4. The van der Waals surface area contributed by atoms with E-state index in [2.05, 4.69) is 46.2 Å². The van der Waals surface area contributed by atoms with Gasteiger partial charge in [0.15, 0.2) is 17.3 Å². The van der Waals surface area contributed by atoms with Gasteiger partial charge in [0.2, 0.25) is 4.77 Å². The van der Waals surface area contributed by atoms with Crippen LogP contribution in [0.15, 0.2) is 47.6 Å². The molecule has 0 atom stereocenters. The van der Waals surface area contributed by atoms with Gasteiger partial charge in [-0.3, -0.25) is 0 Å². The molecule has 29 heavy (non-hydrogen) atoms. The maximum absolute atomic E-state index is 10.4. The molecule has 0 saturated heterocycles. The van der Waals surface area contributed by atoms with E-state index in [1.54, 1.807) is 18.2 Å². The number of hydrogen-bond donors (Lipinski definition) is 2. The van der Waals surface area contributed by atoms with E-state index in [9.17, 15) is 5.11 Å². The Bertz CT molecular complexity index is 1040. The number of H-pyrrole nitrogens is 1. The van der Waals surface area contributed by atoms with Crippen molar-refractivity contribution in [1.82, 2.24) is 14.9 Å². The summed E-state index contributed by atoms with van der Waals surface area (Å²) in [5, 5.41) is 21.9. The summed E-state index contributed by atoms with van der Waals surface area (Å²) in [5.74, 6) is 1.05. The molecule has 0 saturated carbocycles. The monoisotopic (exact) mass is 411 g/mol. The molecule has 3 aromatic rings. The van der Waals surface area contributed by atoms with Crippen LogP contribution >= 0.6 is 12.2 Å². The van der Waals surface area contributed by atoms with Crippen molar-refractivity contribution < 1.29 is 9.84 Å². The van der Waals surface area contributed by atoms with Crippen molar-refractivity contribution >= 4 is 24.1 Å². The number of phenols is 1. The lowest BCUT2D eigenvalue weighted by molar-refractivity contribution is 0.318. The number of aromatic hydroxyl groups is 1. The molecule has 0 aliphatic heterocycles. The van der Waals surface area contributed by atoms with Gasteiger partial charge < -0.3 is 14.7 Å². The van der Waals surface area contributed by atoms with Crippen LogP contribution in [0.4, 0.5) is 5.69 Å². The van der Waals surface area contributed by atoms with E-state index in [-0.39, 0.29) is 5.75 Å². The fraction of sp³-hybridized carbons (Fsp3) is 0.286. The Morgan fingerprint density at radius 2 is 1.90 bits per heavy atom. The molecule has 0 amide bonds. The zero-order valence-corrected chi connectivity index (χ0v) is 17.6. The SMILES string of the molecule is CCOc1cccc(/C=N/n2c(-c3ccc(N(CC)CC)cc3)n[nH]c2=S)c1O. The third kappa shape index (κ3) is 4.48. The lowest BCUT2D eigenvalue weighted by Crippen LogP contribution is -2.21. The Morgan fingerprint density at radius 1 is 1.17 bits per heavy atom. The number of para-hydroxylation sites is 1. The standard InChI is InChI=1S/C21H25N5O2S/c1-4-25(5-2)17-12-10-15(11-13-17)20-23-24-21(29)26(20)22-14-16-8-7-9-18(19(16)27)28-6-3/h7-14,27H,4-6H2,1-3H3,(H,24,29)/b22-14+. The van der Waals surface area contributed by atoms with Gasteiger partial charge in [-0.15, -0.1) is 0 Å². The van der Waals surface area contributed by atoms with Crippen molar-refractivity contribution in [3.05, 3.63) is 52.8 Å². The fourth-order valence-electron chi connectivity index (χ4n) is 3.03. The fourth-order valence-corrected chi connectivity index (χ4v) is 3.21. The summed E-state index contributed by atoms with van der Waals surface area (Å²) in [4.78, 5) is 2.27. The highest BCUT2D eigenvalue weighted by Gasteiger charge is 2.10. The molecule has 3 rings (SSSR count). The molecule has 0 aliphatic carbocycles. The van der Waals surface area contributed by atoms with Crippen molar-refractivity contribution in [2.75, 3.05) is 24.6 Å². The molecule has 0 fully saturated rings. The van der Waals surface area contributed by atoms with Gasteiger partial charge >= 0.3 is 0 Å². The van der Waals surface area contributed by atoms with Gasteiger partial charge in [0.05, 0.1) is 12.8 Å². The van der Waals surface area contributed by atoms with Crippen LogP contribution in [0.25, 0.3) is 11.4 Å². The third-order valence-electron chi connectivity index (χ3n) is 4.55. The first-order valence-corrected chi connectivity index (χ1v) is 10.0.